The van der Waals surface area contributed by atoms with Gasteiger partial charge in [-0.2, -0.15) is 0 Å². The maximum Gasteiger partial charge on any atom is 0.332 e. The first-order valence-electron chi connectivity index (χ1n) is 4.79. The highest BCUT2D eigenvalue weighted by Crippen LogP contribution is 2.17. The van der Waals surface area contributed by atoms with Crippen molar-refractivity contribution in [2.24, 2.45) is 0 Å². The van der Waals surface area contributed by atoms with Crippen LogP contribution in [0.3, 0.4) is 0 Å². The van der Waals surface area contributed by atoms with Crippen molar-refractivity contribution in [1.29, 1.82) is 0 Å². The number of hydrogen-bond acceptors (Lipinski definition) is 5. The Labute approximate surface area is 96.4 Å². The molecule has 0 spiro atoms. The zero-order chi connectivity index (χ0) is 12.8. The monoisotopic (exact) mass is 241 g/mol. The fourth-order valence-corrected chi connectivity index (χ4v) is 1.08. The van der Waals surface area contributed by atoms with E-state index < -0.39 is 17.0 Å². The fourth-order valence-electron chi connectivity index (χ4n) is 1.08. The number of carbonyl (C=O) groups is 1. The average molecular weight is 241 g/mol. The number of nitrogens with zero attached hydrogens (tertiary/aromatic N) is 1. The van der Waals surface area contributed by atoms with Crippen molar-refractivity contribution in [3.63, 3.8) is 0 Å². The predicted molar refractivity (Wildman–Crippen MR) is 56.9 cm³/mol. The number of carboxylic acids is 1. The van der Waals surface area contributed by atoms with Crippen LogP contribution in [0.15, 0.2) is 24.3 Å². The molecular formula is C10H11NO6. The van der Waals surface area contributed by atoms with E-state index in [4.69, 9.17) is 14.9 Å². The SMILES string of the molecule is O=C(O)C(O)CCOc1ccc([N+](=O)[O-])cc1. The number of nitro groups is 1. The summed E-state index contributed by atoms with van der Waals surface area (Å²) in [5.74, 6) is -0.925. The molecule has 0 heterocycles. The van der Waals surface area contributed by atoms with E-state index in [2.05, 4.69) is 0 Å². The van der Waals surface area contributed by atoms with E-state index in [0.29, 0.717) is 5.75 Å². The second-order valence-corrected chi connectivity index (χ2v) is 3.24. The van der Waals surface area contributed by atoms with Crippen molar-refractivity contribution in [2.75, 3.05) is 6.61 Å². The maximum atomic E-state index is 10.4. The quantitative estimate of drug-likeness (QED) is 0.563. The lowest BCUT2D eigenvalue weighted by Crippen LogP contribution is -2.21. The van der Waals surface area contributed by atoms with E-state index in [1.165, 1.54) is 24.3 Å². The zero-order valence-corrected chi connectivity index (χ0v) is 8.78. The molecule has 0 saturated heterocycles. The van der Waals surface area contributed by atoms with Crippen molar-refractivity contribution in [1.82, 2.24) is 0 Å². The third-order valence-electron chi connectivity index (χ3n) is 1.99. The number of carboxylic acid groups (broad SMARTS) is 1. The molecule has 2 N–H and O–H groups in total. The lowest BCUT2D eigenvalue weighted by Gasteiger charge is -2.07. The van der Waals surface area contributed by atoms with Gasteiger partial charge < -0.3 is 14.9 Å². The van der Waals surface area contributed by atoms with Gasteiger partial charge in [0.2, 0.25) is 0 Å². The van der Waals surface area contributed by atoms with Crippen LogP contribution in [0.25, 0.3) is 0 Å². The Morgan fingerprint density at radius 3 is 2.47 bits per heavy atom. The van der Waals surface area contributed by atoms with E-state index in [9.17, 15) is 14.9 Å². The molecule has 0 bridgehead atoms. The van der Waals surface area contributed by atoms with Crippen LogP contribution in [-0.4, -0.2) is 33.8 Å². The Morgan fingerprint density at radius 1 is 1.41 bits per heavy atom. The summed E-state index contributed by atoms with van der Waals surface area (Å²) in [6, 6.07) is 5.38. The molecular weight excluding hydrogens is 230 g/mol. The summed E-state index contributed by atoms with van der Waals surface area (Å²) in [5.41, 5.74) is -0.0529. The molecule has 1 aromatic carbocycles. The summed E-state index contributed by atoms with van der Waals surface area (Å²) in [7, 11) is 0. The van der Waals surface area contributed by atoms with Crippen molar-refractivity contribution >= 4 is 11.7 Å². The molecule has 0 fully saturated rings. The average Bonchev–Trinajstić information content (AvgIpc) is 2.29. The van der Waals surface area contributed by atoms with Gasteiger partial charge in [0, 0.05) is 18.6 Å². The molecule has 0 aliphatic carbocycles. The molecule has 7 nitrogen and oxygen atoms in total. The second kappa shape index (κ2) is 5.80. The number of non-ortho nitro benzene ring substituents is 1. The molecule has 17 heavy (non-hydrogen) atoms. The van der Waals surface area contributed by atoms with E-state index >= 15 is 0 Å². The Bertz CT molecular complexity index is 402. The molecule has 0 saturated carbocycles. The largest absolute Gasteiger partial charge is 0.493 e. The third-order valence-corrected chi connectivity index (χ3v) is 1.99. The number of aliphatic carboxylic acids is 1. The van der Waals surface area contributed by atoms with Crippen LogP contribution in [0.2, 0.25) is 0 Å². The zero-order valence-electron chi connectivity index (χ0n) is 8.78. The highest BCUT2D eigenvalue weighted by molar-refractivity contribution is 5.71. The van der Waals surface area contributed by atoms with Crippen LogP contribution >= 0.6 is 0 Å². The number of aliphatic hydroxyl groups is 1. The van der Waals surface area contributed by atoms with Crippen molar-refractivity contribution in [3.05, 3.63) is 34.4 Å². The number of ether oxygens (including phenoxy) is 1. The Kier molecular flexibility index (Phi) is 4.41. The molecule has 0 aromatic heterocycles. The molecule has 1 rings (SSSR count). The minimum Gasteiger partial charge on any atom is -0.493 e. The lowest BCUT2D eigenvalue weighted by molar-refractivity contribution is -0.384. The molecule has 1 unspecified atom stereocenters. The Morgan fingerprint density at radius 2 is 2.00 bits per heavy atom. The Hall–Kier alpha value is -2.15. The van der Waals surface area contributed by atoms with Gasteiger partial charge >= 0.3 is 5.97 Å². The molecule has 1 aromatic rings. The summed E-state index contributed by atoms with van der Waals surface area (Å²) in [6.45, 7) is 0.0191. The van der Waals surface area contributed by atoms with Crippen LogP contribution in [0, 0.1) is 10.1 Å². The van der Waals surface area contributed by atoms with Crippen molar-refractivity contribution in [2.45, 2.75) is 12.5 Å². The first kappa shape index (κ1) is 12.9. The van der Waals surface area contributed by atoms with Crippen LogP contribution in [0.5, 0.6) is 5.75 Å². The molecule has 1 atom stereocenters. The summed E-state index contributed by atoms with van der Waals surface area (Å²) >= 11 is 0. The molecule has 0 aliphatic rings. The van der Waals surface area contributed by atoms with E-state index in [-0.39, 0.29) is 18.7 Å². The van der Waals surface area contributed by atoms with Gasteiger partial charge in [0.15, 0.2) is 6.10 Å². The van der Waals surface area contributed by atoms with Gasteiger partial charge in [-0.25, -0.2) is 4.79 Å². The van der Waals surface area contributed by atoms with Crippen LogP contribution in [0.4, 0.5) is 5.69 Å². The minimum absolute atomic E-state index is 0.0191. The number of rotatable bonds is 6. The van der Waals surface area contributed by atoms with Crippen molar-refractivity contribution < 1.29 is 24.7 Å². The highest BCUT2D eigenvalue weighted by Gasteiger charge is 2.12. The first-order chi connectivity index (χ1) is 8.00. The smallest absolute Gasteiger partial charge is 0.332 e. The van der Waals surface area contributed by atoms with Crippen molar-refractivity contribution in [3.8, 4) is 5.75 Å². The van der Waals surface area contributed by atoms with Gasteiger partial charge in [-0.05, 0) is 12.1 Å². The summed E-state index contributed by atoms with van der Waals surface area (Å²) in [4.78, 5) is 20.1. The normalized spacial score (nSPS) is 11.8. The minimum atomic E-state index is -1.46. The van der Waals surface area contributed by atoms with Crippen LogP contribution in [0.1, 0.15) is 6.42 Å². The molecule has 0 amide bonds. The van der Waals surface area contributed by atoms with Gasteiger partial charge in [0.1, 0.15) is 5.75 Å². The topological polar surface area (TPSA) is 110 Å². The lowest BCUT2D eigenvalue weighted by atomic mass is 10.2. The fraction of sp³-hybridized carbons (Fsp3) is 0.300. The van der Waals surface area contributed by atoms with Gasteiger partial charge in [0.25, 0.3) is 5.69 Å². The summed E-state index contributed by atoms with van der Waals surface area (Å²) in [5, 5.41) is 27.7. The van der Waals surface area contributed by atoms with Crippen LogP contribution in [-0.2, 0) is 4.79 Å². The number of hydrogen-bond donors (Lipinski definition) is 2. The van der Waals surface area contributed by atoms with E-state index in [0.717, 1.165) is 0 Å². The van der Waals surface area contributed by atoms with Gasteiger partial charge in [-0.15, -0.1) is 0 Å². The first-order valence-corrected chi connectivity index (χ1v) is 4.79. The number of nitro benzene ring substituents is 1. The third kappa shape index (κ3) is 4.07. The van der Waals surface area contributed by atoms with E-state index in [1.54, 1.807) is 0 Å². The summed E-state index contributed by atoms with van der Waals surface area (Å²) in [6.07, 6.45) is -1.51. The molecule has 92 valence electrons. The summed E-state index contributed by atoms with van der Waals surface area (Å²) < 4.78 is 5.12. The van der Waals surface area contributed by atoms with Crippen LogP contribution < -0.4 is 4.74 Å². The number of aliphatic hydroxyl groups excluding tert-OH is 1. The predicted octanol–water partition coefficient (Wildman–Crippen LogP) is 0.809. The molecule has 7 heteroatoms. The Balaban J connectivity index is 2.42. The molecule has 0 aliphatic heterocycles. The van der Waals surface area contributed by atoms with E-state index in [1.807, 2.05) is 0 Å². The number of benzene rings is 1. The standard InChI is InChI=1S/C10H11NO6/c12-9(10(13)14)5-6-17-8-3-1-7(2-4-8)11(15)16/h1-4,9,12H,5-6H2,(H,13,14). The highest BCUT2D eigenvalue weighted by atomic mass is 16.6. The second-order valence-electron chi connectivity index (χ2n) is 3.24. The van der Waals surface area contributed by atoms with Gasteiger partial charge in [-0.1, -0.05) is 0 Å². The molecule has 0 radical (unpaired) electrons. The maximum absolute atomic E-state index is 10.4. The van der Waals surface area contributed by atoms with Gasteiger partial charge in [0.05, 0.1) is 11.5 Å². The van der Waals surface area contributed by atoms with Gasteiger partial charge in [-0.3, -0.25) is 10.1 Å².